The molecule has 78 valence electrons. The topological polar surface area (TPSA) is 45.1 Å². The third-order valence-corrected chi connectivity index (χ3v) is 3.61. The molecule has 0 fully saturated rings. The lowest BCUT2D eigenvalue weighted by Crippen LogP contribution is -2.17. The average molecular weight is 212 g/mol. The van der Waals surface area contributed by atoms with Crippen molar-refractivity contribution in [3.63, 3.8) is 0 Å². The van der Waals surface area contributed by atoms with Gasteiger partial charge in [0.15, 0.2) is 0 Å². The Bertz CT molecular complexity index is 275. The quantitative estimate of drug-likeness (QED) is 0.735. The zero-order valence-electron chi connectivity index (χ0n) is 8.25. The van der Waals surface area contributed by atoms with Gasteiger partial charge in [0.05, 0.1) is 12.3 Å². The lowest BCUT2D eigenvalue weighted by Gasteiger charge is -2.06. The fraction of sp³-hybridized carbons (Fsp3) is 0.700. The second-order valence-electron chi connectivity index (χ2n) is 3.58. The fourth-order valence-corrected chi connectivity index (χ4v) is 2.88. The van der Waals surface area contributed by atoms with E-state index in [-0.39, 0.29) is 6.61 Å². The molecule has 1 aliphatic carbocycles. The minimum atomic E-state index is 0.199. The van der Waals surface area contributed by atoms with Gasteiger partial charge in [0.2, 0.25) is 0 Å². The molecular formula is C10H16N2OS. The van der Waals surface area contributed by atoms with Crippen LogP contribution in [-0.2, 0) is 19.4 Å². The number of hydrogen-bond acceptors (Lipinski definition) is 4. The molecule has 0 aromatic carbocycles. The summed E-state index contributed by atoms with van der Waals surface area (Å²) in [4.78, 5) is 6.08. The number of fused-ring (bicyclic) bond motifs is 1. The zero-order valence-corrected chi connectivity index (χ0v) is 9.07. The summed E-state index contributed by atoms with van der Waals surface area (Å²) < 4.78 is 0. The van der Waals surface area contributed by atoms with E-state index in [1.165, 1.54) is 34.8 Å². The van der Waals surface area contributed by atoms with Gasteiger partial charge in [0, 0.05) is 18.0 Å². The fourth-order valence-electron chi connectivity index (χ4n) is 1.76. The highest BCUT2D eigenvalue weighted by Crippen LogP contribution is 2.26. The van der Waals surface area contributed by atoms with Gasteiger partial charge in [-0.25, -0.2) is 4.98 Å². The van der Waals surface area contributed by atoms with Crippen molar-refractivity contribution in [2.45, 2.75) is 32.2 Å². The summed E-state index contributed by atoms with van der Waals surface area (Å²) in [7, 11) is 0. The van der Waals surface area contributed by atoms with Gasteiger partial charge >= 0.3 is 0 Å². The molecule has 0 spiro atoms. The maximum absolute atomic E-state index is 8.63. The van der Waals surface area contributed by atoms with E-state index in [2.05, 4.69) is 10.3 Å². The summed E-state index contributed by atoms with van der Waals surface area (Å²) in [5, 5.41) is 13.0. The molecule has 14 heavy (non-hydrogen) atoms. The van der Waals surface area contributed by atoms with Gasteiger partial charge in [-0.1, -0.05) is 0 Å². The highest BCUT2D eigenvalue weighted by Gasteiger charge is 2.14. The van der Waals surface area contributed by atoms with Crippen molar-refractivity contribution in [3.8, 4) is 0 Å². The monoisotopic (exact) mass is 212 g/mol. The van der Waals surface area contributed by atoms with E-state index in [1.54, 1.807) is 0 Å². The number of aryl methyl sites for hydroxylation is 2. The van der Waals surface area contributed by atoms with Crippen molar-refractivity contribution >= 4 is 11.3 Å². The standard InChI is InChI=1S/C10H16N2OS/c13-6-5-11-7-10-12-8-3-1-2-4-9(8)14-10/h11,13H,1-7H2. The van der Waals surface area contributed by atoms with Crippen LogP contribution in [0.3, 0.4) is 0 Å². The number of aromatic nitrogens is 1. The first-order valence-corrected chi connectivity index (χ1v) is 6.01. The molecule has 2 N–H and O–H groups in total. The SMILES string of the molecule is OCCNCc1nc2c(s1)CCCC2. The lowest BCUT2D eigenvalue weighted by molar-refractivity contribution is 0.292. The molecule has 1 aromatic rings. The molecule has 0 unspecified atom stereocenters. The number of thiazole rings is 1. The summed E-state index contributed by atoms with van der Waals surface area (Å²) in [6.45, 7) is 1.66. The summed E-state index contributed by atoms with van der Waals surface area (Å²) in [5.41, 5.74) is 1.32. The molecule has 0 radical (unpaired) electrons. The van der Waals surface area contributed by atoms with Crippen LogP contribution in [0.25, 0.3) is 0 Å². The molecule has 0 amide bonds. The molecular weight excluding hydrogens is 196 g/mol. The van der Waals surface area contributed by atoms with Gasteiger partial charge < -0.3 is 10.4 Å². The summed E-state index contributed by atoms with van der Waals surface area (Å²) >= 11 is 1.83. The molecule has 1 aromatic heterocycles. The molecule has 0 bridgehead atoms. The van der Waals surface area contributed by atoms with E-state index in [9.17, 15) is 0 Å². The summed E-state index contributed by atoms with van der Waals surface area (Å²) in [6, 6.07) is 0. The first kappa shape index (κ1) is 10.1. The number of aliphatic hydroxyl groups excluding tert-OH is 1. The van der Waals surface area contributed by atoms with Crippen LogP contribution in [-0.4, -0.2) is 23.2 Å². The van der Waals surface area contributed by atoms with E-state index < -0.39 is 0 Å². The van der Waals surface area contributed by atoms with Crippen LogP contribution in [0, 0.1) is 0 Å². The van der Waals surface area contributed by atoms with Gasteiger partial charge in [0.25, 0.3) is 0 Å². The van der Waals surface area contributed by atoms with Crippen LogP contribution in [0.1, 0.15) is 28.4 Å². The van der Waals surface area contributed by atoms with E-state index in [0.29, 0.717) is 6.54 Å². The molecule has 0 saturated heterocycles. The number of hydrogen-bond donors (Lipinski definition) is 2. The summed E-state index contributed by atoms with van der Waals surface area (Å²) in [6.07, 6.45) is 4.98. The van der Waals surface area contributed by atoms with Crippen molar-refractivity contribution in [2.24, 2.45) is 0 Å². The van der Waals surface area contributed by atoms with Crippen LogP contribution in [0.5, 0.6) is 0 Å². The van der Waals surface area contributed by atoms with Gasteiger partial charge in [-0.2, -0.15) is 0 Å². The number of nitrogens with one attached hydrogen (secondary N) is 1. The van der Waals surface area contributed by atoms with Crippen LogP contribution in [0.2, 0.25) is 0 Å². The average Bonchev–Trinajstić information content (AvgIpc) is 2.60. The van der Waals surface area contributed by atoms with Crippen molar-refractivity contribution in [3.05, 3.63) is 15.6 Å². The molecule has 0 aliphatic heterocycles. The van der Waals surface area contributed by atoms with E-state index in [0.717, 1.165) is 13.0 Å². The minimum Gasteiger partial charge on any atom is -0.395 e. The Labute approximate surface area is 88.2 Å². The predicted molar refractivity (Wildman–Crippen MR) is 57.5 cm³/mol. The molecule has 0 saturated carbocycles. The van der Waals surface area contributed by atoms with Crippen LogP contribution in [0.15, 0.2) is 0 Å². The van der Waals surface area contributed by atoms with Gasteiger partial charge in [-0.3, -0.25) is 0 Å². The Morgan fingerprint density at radius 3 is 3.00 bits per heavy atom. The molecule has 2 rings (SSSR count). The van der Waals surface area contributed by atoms with E-state index in [1.807, 2.05) is 11.3 Å². The second kappa shape index (κ2) is 4.87. The van der Waals surface area contributed by atoms with E-state index in [4.69, 9.17) is 5.11 Å². The molecule has 4 heteroatoms. The molecule has 1 heterocycles. The van der Waals surface area contributed by atoms with Gasteiger partial charge in [-0.05, 0) is 25.7 Å². The normalized spacial score (nSPS) is 15.5. The Morgan fingerprint density at radius 1 is 1.36 bits per heavy atom. The number of nitrogens with zero attached hydrogens (tertiary/aromatic N) is 1. The Balaban J connectivity index is 1.94. The second-order valence-corrected chi connectivity index (χ2v) is 4.75. The van der Waals surface area contributed by atoms with Crippen molar-refractivity contribution in [1.29, 1.82) is 0 Å². The maximum atomic E-state index is 8.63. The minimum absolute atomic E-state index is 0.199. The number of rotatable bonds is 4. The van der Waals surface area contributed by atoms with Crippen molar-refractivity contribution in [1.82, 2.24) is 10.3 Å². The molecule has 0 atom stereocenters. The first-order valence-electron chi connectivity index (χ1n) is 5.19. The lowest BCUT2D eigenvalue weighted by atomic mass is 10.0. The third-order valence-electron chi connectivity index (χ3n) is 2.45. The van der Waals surface area contributed by atoms with Crippen LogP contribution < -0.4 is 5.32 Å². The van der Waals surface area contributed by atoms with Crippen molar-refractivity contribution in [2.75, 3.05) is 13.2 Å². The number of aliphatic hydroxyl groups is 1. The predicted octanol–water partition coefficient (Wildman–Crippen LogP) is 1.10. The highest BCUT2D eigenvalue weighted by atomic mass is 32.1. The van der Waals surface area contributed by atoms with E-state index >= 15 is 0 Å². The Morgan fingerprint density at radius 2 is 2.21 bits per heavy atom. The largest absolute Gasteiger partial charge is 0.395 e. The smallest absolute Gasteiger partial charge is 0.107 e. The Hall–Kier alpha value is -0.450. The highest BCUT2D eigenvalue weighted by molar-refractivity contribution is 7.11. The van der Waals surface area contributed by atoms with Crippen LogP contribution >= 0.6 is 11.3 Å². The van der Waals surface area contributed by atoms with Gasteiger partial charge in [-0.15, -0.1) is 11.3 Å². The Kier molecular flexibility index (Phi) is 3.50. The zero-order chi connectivity index (χ0) is 9.80. The maximum Gasteiger partial charge on any atom is 0.107 e. The molecule has 3 nitrogen and oxygen atoms in total. The first-order chi connectivity index (χ1) is 6.90. The van der Waals surface area contributed by atoms with Crippen LogP contribution in [0.4, 0.5) is 0 Å². The van der Waals surface area contributed by atoms with Gasteiger partial charge in [0.1, 0.15) is 5.01 Å². The van der Waals surface area contributed by atoms with Crippen molar-refractivity contribution < 1.29 is 5.11 Å². The third kappa shape index (κ3) is 2.32. The molecule has 1 aliphatic rings. The summed E-state index contributed by atoms with van der Waals surface area (Å²) in [5.74, 6) is 0.